The molecule has 1 aliphatic carbocycles. The normalized spacial score (nSPS) is 20.3. The van der Waals surface area contributed by atoms with Gasteiger partial charge in [-0.3, -0.25) is 9.78 Å². The molecule has 1 saturated carbocycles. The molecule has 4 aromatic rings. The average Bonchev–Trinajstić information content (AvgIpc) is 3.47. The zero-order chi connectivity index (χ0) is 31.4. The quantitative estimate of drug-likeness (QED) is 0.220. The number of amides is 1. The fourth-order valence-electron chi connectivity index (χ4n) is 6.15. The lowest BCUT2D eigenvalue weighted by atomic mass is 9.69. The number of pyridine rings is 1. The fourth-order valence-corrected chi connectivity index (χ4v) is 6.88. The molecule has 0 saturated heterocycles. The molecule has 44 heavy (non-hydrogen) atoms. The number of aromatic nitrogens is 3. The molecular weight excluding hydrogens is 641 g/mol. The van der Waals surface area contributed by atoms with Crippen LogP contribution >= 0.6 is 15.9 Å². The van der Waals surface area contributed by atoms with Gasteiger partial charge in [0.15, 0.2) is 0 Å². The van der Waals surface area contributed by atoms with E-state index in [1.807, 2.05) is 24.3 Å². The lowest BCUT2D eigenvalue weighted by molar-refractivity contribution is -0.137. The third-order valence-electron chi connectivity index (χ3n) is 8.07. The first kappa shape index (κ1) is 30.1. The van der Waals surface area contributed by atoms with E-state index in [1.54, 1.807) is 44.0 Å². The molecule has 0 radical (unpaired) electrons. The summed E-state index contributed by atoms with van der Waals surface area (Å²) in [5, 5.41) is 4.91. The van der Waals surface area contributed by atoms with Crippen LogP contribution in [-0.2, 0) is 27.7 Å². The van der Waals surface area contributed by atoms with Crippen LogP contribution in [0.15, 0.2) is 65.5 Å². The number of carbonyl (C=O) groups excluding carboxylic acids is 2. The number of nitrogens with zero attached hydrogens (tertiary/aromatic N) is 4. The van der Waals surface area contributed by atoms with Crippen LogP contribution in [-0.4, -0.2) is 38.5 Å². The Kier molecular flexibility index (Phi) is 7.46. The molecule has 1 amide bonds. The van der Waals surface area contributed by atoms with Crippen molar-refractivity contribution >= 4 is 44.5 Å². The molecule has 2 aliphatic rings. The molecule has 1 fully saturated rings. The van der Waals surface area contributed by atoms with E-state index in [4.69, 9.17) is 9.47 Å². The van der Waals surface area contributed by atoms with Crippen LogP contribution in [0.5, 0.6) is 5.75 Å². The van der Waals surface area contributed by atoms with Gasteiger partial charge in [-0.1, -0.05) is 22.0 Å². The first-order chi connectivity index (χ1) is 20.7. The minimum Gasteiger partial charge on any atom is -0.490 e. The van der Waals surface area contributed by atoms with Gasteiger partial charge in [-0.25, -0.2) is 4.79 Å². The summed E-state index contributed by atoms with van der Waals surface area (Å²) in [4.78, 5) is 32.0. The van der Waals surface area contributed by atoms with Crippen molar-refractivity contribution in [2.24, 2.45) is 0 Å². The Morgan fingerprint density at radius 1 is 1.07 bits per heavy atom. The predicted molar refractivity (Wildman–Crippen MR) is 160 cm³/mol. The number of rotatable bonds is 4. The van der Waals surface area contributed by atoms with Gasteiger partial charge >= 0.3 is 12.3 Å². The summed E-state index contributed by atoms with van der Waals surface area (Å²) in [6, 6.07) is 12.0. The number of ether oxygens (including phenoxy) is 2. The van der Waals surface area contributed by atoms with E-state index in [-0.39, 0.29) is 18.6 Å². The summed E-state index contributed by atoms with van der Waals surface area (Å²) >= 11 is 3.64. The van der Waals surface area contributed by atoms with Gasteiger partial charge in [0.05, 0.1) is 35.3 Å². The zero-order valence-corrected chi connectivity index (χ0v) is 25.9. The molecule has 0 atom stereocenters. The summed E-state index contributed by atoms with van der Waals surface area (Å²) in [5.74, 6) is 0.492. The fraction of sp³-hybridized carbons (Fsp3) is 0.375. The molecule has 3 heterocycles. The molecule has 1 spiro atoms. The van der Waals surface area contributed by atoms with Crippen molar-refractivity contribution in [2.45, 2.75) is 76.3 Å². The Morgan fingerprint density at radius 2 is 1.82 bits per heavy atom. The first-order valence-corrected chi connectivity index (χ1v) is 15.0. The number of hydrogen-bond acceptors (Lipinski definition) is 6. The highest BCUT2D eigenvalue weighted by molar-refractivity contribution is 9.10. The van der Waals surface area contributed by atoms with Gasteiger partial charge in [0.2, 0.25) is 5.91 Å². The minimum atomic E-state index is -4.53. The molecule has 12 heteroatoms. The van der Waals surface area contributed by atoms with Crippen molar-refractivity contribution < 1.29 is 32.2 Å². The average molecular weight is 672 g/mol. The first-order valence-electron chi connectivity index (χ1n) is 14.3. The molecule has 6 rings (SSSR count). The van der Waals surface area contributed by atoms with Crippen molar-refractivity contribution in [1.29, 1.82) is 0 Å². The molecule has 0 bridgehead atoms. The number of benzene rings is 2. The van der Waals surface area contributed by atoms with E-state index in [0.717, 1.165) is 27.7 Å². The largest absolute Gasteiger partial charge is 0.490 e. The topological polar surface area (TPSA) is 86.6 Å². The van der Waals surface area contributed by atoms with Crippen molar-refractivity contribution in [1.82, 2.24) is 14.8 Å². The maximum atomic E-state index is 14.1. The second-order valence-electron chi connectivity index (χ2n) is 12.3. The third kappa shape index (κ3) is 5.55. The van der Waals surface area contributed by atoms with Gasteiger partial charge in [-0.15, -0.1) is 0 Å². The molecule has 1 aliphatic heterocycles. The van der Waals surface area contributed by atoms with Crippen LogP contribution in [0.4, 0.5) is 23.7 Å². The third-order valence-corrected chi connectivity index (χ3v) is 8.73. The van der Waals surface area contributed by atoms with Gasteiger partial charge in [-0.2, -0.15) is 23.0 Å². The molecule has 2 aromatic heterocycles. The van der Waals surface area contributed by atoms with Crippen molar-refractivity contribution in [2.75, 3.05) is 4.90 Å². The highest BCUT2D eigenvalue weighted by Gasteiger charge is 2.53. The van der Waals surface area contributed by atoms with E-state index < -0.39 is 28.8 Å². The SMILES string of the molecule is CC(C)(C)OC(=O)n1ncc2cc(OC3CCC4(CC3)C(=O)N(Cc3cncc(C(F)(F)F)c3)c3cccc(Br)c34)ccc21. The zero-order valence-electron chi connectivity index (χ0n) is 24.3. The summed E-state index contributed by atoms with van der Waals surface area (Å²) in [7, 11) is 0. The lowest BCUT2D eigenvalue weighted by Gasteiger charge is -2.36. The number of halogens is 4. The maximum absolute atomic E-state index is 14.1. The van der Waals surface area contributed by atoms with E-state index >= 15 is 0 Å². The van der Waals surface area contributed by atoms with Crippen molar-refractivity contribution in [3.8, 4) is 5.75 Å². The van der Waals surface area contributed by atoms with E-state index in [9.17, 15) is 22.8 Å². The number of fused-ring (bicyclic) bond motifs is 3. The van der Waals surface area contributed by atoms with Crippen molar-refractivity contribution in [3.63, 3.8) is 0 Å². The van der Waals surface area contributed by atoms with Crippen LogP contribution in [0.2, 0.25) is 0 Å². The molecule has 230 valence electrons. The molecule has 2 aromatic carbocycles. The standard InChI is InChI=1S/C32H30BrF3N4O4/c1-30(2,3)44-29(42)40-25-8-7-23(14-20(25)16-38-40)43-22-9-11-31(12-10-22)27-24(33)5-4-6-26(27)39(28(31)41)18-19-13-21(17-37-15-19)32(34,35)36/h4-8,13-17,22H,9-12,18H2,1-3H3. The summed E-state index contributed by atoms with van der Waals surface area (Å²) in [6.07, 6.45) is 0.719. The summed E-state index contributed by atoms with van der Waals surface area (Å²) < 4.78 is 53.8. The van der Waals surface area contributed by atoms with Gasteiger partial charge in [0, 0.05) is 33.5 Å². The number of hydrogen-bond donors (Lipinski definition) is 0. The Morgan fingerprint density at radius 3 is 2.52 bits per heavy atom. The Bertz CT molecular complexity index is 1760. The van der Waals surface area contributed by atoms with Gasteiger partial charge in [0.1, 0.15) is 11.4 Å². The van der Waals surface area contributed by atoms with E-state index in [0.29, 0.717) is 48.2 Å². The Hall–Kier alpha value is -3.93. The van der Waals surface area contributed by atoms with Gasteiger partial charge in [-0.05, 0) is 88.4 Å². The van der Waals surface area contributed by atoms with Crippen LogP contribution in [0.25, 0.3) is 10.9 Å². The summed E-state index contributed by atoms with van der Waals surface area (Å²) in [6.45, 7) is 5.35. The van der Waals surface area contributed by atoms with Crippen LogP contribution < -0.4 is 9.64 Å². The van der Waals surface area contributed by atoms with Crippen LogP contribution in [0.1, 0.15) is 63.1 Å². The van der Waals surface area contributed by atoms with Crippen LogP contribution in [0, 0.1) is 0 Å². The Balaban J connectivity index is 1.19. The number of anilines is 1. The van der Waals surface area contributed by atoms with E-state index in [2.05, 4.69) is 26.0 Å². The predicted octanol–water partition coefficient (Wildman–Crippen LogP) is 7.80. The molecular formula is C32H30BrF3N4O4. The Labute approximate surface area is 260 Å². The monoisotopic (exact) mass is 670 g/mol. The maximum Gasteiger partial charge on any atom is 0.435 e. The molecule has 8 nitrogen and oxygen atoms in total. The van der Waals surface area contributed by atoms with Gasteiger partial charge < -0.3 is 14.4 Å². The summed E-state index contributed by atoms with van der Waals surface area (Å²) in [5.41, 5.74) is 0.136. The highest BCUT2D eigenvalue weighted by atomic mass is 79.9. The van der Waals surface area contributed by atoms with E-state index in [1.165, 1.54) is 10.9 Å². The smallest absolute Gasteiger partial charge is 0.435 e. The number of alkyl halides is 3. The highest BCUT2D eigenvalue weighted by Crippen LogP contribution is 2.53. The number of carbonyl (C=O) groups is 2. The molecule has 0 unspecified atom stereocenters. The second kappa shape index (κ2) is 10.9. The lowest BCUT2D eigenvalue weighted by Crippen LogP contribution is -2.44. The molecule has 0 N–H and O–H groups in total. The van der Waals surface area contributed by atoms with Gasteiger partial charge in [0.25, 0.3) is 0 Å². The minimum absolute atomic E-state index is 0.0160. The van der Waals surface area contributed by atoms with Crippen LogP contribution in [0.3, 0.4) is 0 Å². The second-order valence-corrected chi connectivity index (χ2v) is 13.1. The van der Waals surface area contributed by atoms with Crippen molar-refractivity contribution in [3.05, 3.63) is 82.2 Å².